The summed E-state index contributed by atoms with van der Waals surface area (Å²) < 4.78 is 0. The second kappa shape index (κ2) is 5.69. The van der Waals surface area contributed by atoms with Crippen molar-refractivity contribution in [2.45, 2.75) is 31.6 Å². The molecular formula is C14H20N2. The number of hydrogen-bond donors (Lipinski definition) is 1. The molecular weight excluding hydrogens is 196 g/mol. The Morgan fingerprint density at radius 3 is 3.19 bits per heavy atom. The van der Waals surface area contributed by atoms with Gasteiger partial charge in [0.25, 0.3) is 0 Å². The fraction of sp³-hybridized carbons (Fsp3) is 0.500. The van der Waals surface area contributed by atoms with Gasteiger partial charge in [0.2, 0.25) is 0 Å². The van der Waals surface area contributed by atoms with Crippen molar-refractivity contribution in [1.29, 1.82) is 0 Å². The summed E-state index contributed by atoms with van der Waals surface area (Å²) in [6.45, 7) is 1.02. The first kappa shape index (κ1) is 11.2. The number of hydrogen-bond acceptors (Lipinski definition) is 1. The van der Waals surface area contributed by atoms with Crippen molar-refractivity contribution in [2.24, 2.45) is 4.99 Å². The van der Waals surface area contributed by atoms with E-state index < -0.39 is 0 Å². The van der Waals surface area contributed by atoms with Gasteiger partial charge in [-0.2, -0.15) is 0 Å². The van der Waals surface area contributed by atoms with Gasteiger partial charge in [-0.3, -0.25) is 4.99 Å². The van der Waals surface area contributed by atoms with Gasteiger partial charge in [-0.05, 0) is 42.7 Å². The van der Waals surface area contributed by atoms with Crippen LogP contribution in [0, 0.1) is 0 Å². The van der Waals surface area contributed by atoms with Gasteiger partial charge in [-0.25, -0.2) is 0 Å². The van der Waals surface area contributed by atoms with Gasteiger partial charge in [0, 0.05) is 13.6 Å². The van der Waals surface area contributed by atoms with Crippen molar-refractivity contribution in [3.63, 3.8) is 0 Å². The molecule has 1 N–H and O–H groups in total. The van der Waals surface area contributed by atoms with E-state index in [1.165, 1.54) is 25.7 Å². The highest BCUT2D eigenvalue weighted by molar-refractivity contribution is 5.53. The van der Waals surface area contributed by atoms with E-state index in [2.05, 4.69) is 34.6 Å². The lowest BCUT2D eigenvalue weighted by Crippen LogP contribution is -2.18. The van der Waals surface area contributed by atoms with E-state index in [-0.39, 0.29) is 0 Å². The van der Waals surface area contributed by atoms with Gasteiger partial charge in [-0.15, -0.1) is 0 Å². The summed E-state index contributed by atoms with van der Waals surface area (Å²) in [6.07, 6.45) is 6.93. The minimum Gasteiger partial charge on any atom is -0.376 e. The quantitative estimate of drug-likeness (QED) is 0.467. The predicted octanol–water partition coefficient (Wildman–Crippen LogP) is 2.74. The Bertz CT molecular complexity index is 358. The SMILES string of the molecule is CN=CNCCC1CCCc2ccccc21. The maximum Gasteiger partial charge on any atom is 0.0820 e. The van der Waals surface area contributed by atoms with Gasteiger partial charge in [0.1, 0.15) is 0 Å². The minimum atomic E-state index is 0.739. The van der Waals surface area contributed by atoms with E-state index in [0.29, 0.717) is 0 Å². The Hall–Kier alpha value is -1.31. The summed E-state index contributed by atoms with van der Waals surface area (Å²) >= 11 is 0. The molecule has 0 heterocycles. The van der Waals surface area contributed by atoms with E-state index in [1.54, 1.807) is 24.5 Å². The molecule has 0 saturated carbocycles. The molecule has 16 heavy (non-hydrogen) atoms. The van der Waals surface area contributed by atoms with Gasteiger partial charge >= 0.3 is 0 Å². The molecule has 86 valence electrons. The summed E-state index contributed by atoms with van der Waals surface area (Å²) in [6, 6.07) is 8.90. The van der Waals surface area contributed by atoms with Crippen LogP contribution in [-0.2, 0) is 6.42 Å². The number of nitrogens with zero attached hydrogens (tertiary/aromatic N) is 1. The smallest absolute Gasteiger partial charge is 0.0820 e. The first-order chi connectivity index (χ1) is 7.92. The second-order valence-electron chi connectivity index (χ2n) is 4.42. The zero-order chi connectivity index (χ0) is 11.2. The van der Waals surface area contributed by atoms with E-state index in [4.69, 9.17) is 0 Å². The molecule has 2 heteroatoms. The molecule has 1 aliphatic carbocycles. The molecule has 2 nitrogen and oxygen atoms in total. The number of rotatable bonds is 4. The Morgan fingerprint density at radius 1 is 1.44 bits per heavy atom. The van der Waals surface area contributed by atoms with Crippen molar-refractivity contribution in [2.75, 3.05) is 13.6 Å². The average Bonchev–Trinajstić information content (AvgIpc) is 2.35. The molecule has 1 aromatic rings. The van der Waals surface area contributed by atoms with Crippen molar-refractivity contribution >= 4 is 6.34 Å². The molecule has 0 spiro atoms. The summed E-state index contributed by atoms with van der Waals surface area (Å²) in [5.74, 6) is 0.739. The normalized spacial score (nSPS) is 19.7. The molecule has 0 amide bonds. The summed E-state index contributed by atoms with van der Waals surface area (Å²) in [5, 5.41) is 3.22. The Balaban J connectivity index is 1.96. The molecule has 2 rings (SSSR count). The van der Waals surface area contributed by atoms with Gasteiger partial charge in [-0.1, -0.05) is 24.3 Å². The largest absolute Gasteiger partial charge is 0.376 e. The third-order valence-electron chi connectivity index (χ3n) is 3.35. The Labute approximate surface area is 97.8 Å². The van der Waals surface area contributed by atoms with Crippen LogP contribution >= 0.6 is 0 Å². The minimum absolute atomic E-state index is 0.739. The van der Waals surface area contributed by atoms with Gasteiger partial charge < -0.3 is 5.32 Å². The summed E-state index contributed by atoms with van der Waals surface area (Å²) in [5.41, 5.74) is 3.13. The lowest BCUT2D eigenvalue weighted by atomic mass is 9.81. The lowest BCUT2D eigenvalue weighted by Gasteiger charge is -2.25. The second-order valence-corrected chi connectivity index (χ2v) is 4.42. The van der Waals surface area contributed by atoms with Gasteiger partial charge in [0.15, 0.2) is 0 Å². The zero-order valence-corrected chi connectivity index (χ0v) is 9.95. The molecule has 1 aromatic carbocycles. The molecule has 0 radical (unpaired) electrons. The van der Waals surface area contributed by atoms with Crippen molar-refractivity contribution in [3.8, 4) is 0 Å². The molecule has 0 bridgehead atoms. The van der Waals surface area contributed by atoms with Crippen LogP contribution in [0.25, 0.3) is 0 Å². The van der Waals surface area contributed by atoms with Crippen LogP contribution in [0.15, 0.2) is 29.3 Å². The van der Waals surface area contributed by atoms with E-state index >= 15 is 0 Å². The zero-order valence-electron chi connectivity index (χ0n) is 9.95. The number of aliphatic imine (C=N–C) groups is 1. The third kappa shape index (κ3) is 2.63. The monoisotopic (exact) mass is 216 g/mol. The van der Waals surface area contributed by atoms with Crippen LogP contribution in [0.3, 0.4) is 0 Å². The van der Waals surface area contributed by atoms with Crippen molar-refractivity contribution < 1.29 is 0 Å². The number of aryl methyl sites for hydroxylation is 1. The molecule has 0 aromatic heterocycles. The maximum absolute atomic E-state index is 3.93. The topological polar surface area (TPSA) is 24.4 Å². The fourth-order valence-corrected chi connectivity index (χ4v) is 2.57. The number of nitrogens with one attached hydrogen (secondary N) is 1. The Kier molecular flexibility index (Phi) is 3.97. The molecule has 0 fully saturated rings. The van der Waals surface area contributed by atoms with Crippen LogP contribution in [-0.4, -0.2) is 19.9 Å². The molecule has 0 aliphatic heterocycles. The van der Waals surface area contributed by atoms with Crippen molar-refractivity contribution in [3.05, 3.63) is 35.4 Å². The van der Waals surface area contributed by atoms with Crippen LogP contribution in [0.5, 0.6) is 0 Å². The van der Waals surface area contributed by atoms with E-state index in [0.717, 1.165) is 12.5 Å². The number of benzene rings is 1. The van der Waals surface area contributed by atoms with Gasteiger partial charge in [0.05, 0.1) is 6.34 Å². The maximum atomic E-state index is 3.93. The summed E-state index contributed by atoms with van der Waals surface area (Å²) in [7, 11) is 1.79. The standard InChI is InChI=1S/C14H20N2/c1-15-11-16-10-9-13-7-4-6-12-5-2-3-8-14(12)13/h2-3,5,8,11,13H,4,6-7,9-10H2,1H3,(H,15,16). The molecule has 1 atom stereocenters. The highest BCUT2D eigenvalue weighted by atomic mass is 14.9. The molecule has 1 unspecified atom stereocenters. The Morgan fingerprint density at radius 2 is 2.31 bits per heavy atom. The van der Waals surface area contributed by atoms with Crippen molar-refractivity contribution in [1.82, 2.24) is 5.32 Å². The third-order valence-corrected chi connectivity index (χ3v) is 3.35. The highest BCUT2D eigenvalue weighted by Crippen LogP contribution is 2.33. The van der Waals surface area contributed by atoms with Crippen LogP contribution < -0.4 is 5.32 Å². The van der Waals surface area contributed by atoms with E-state index in [9.17, 15) is 0 Å². The van der Waals surface area contributed by atoms with Crippen LogP contribution in [0.2, 0.25) is 0 Å². The van der Waals surface area contributed by atoms with E-state index in [1.807, 2.05) is 0 Å². The lowest BCUT2D eigenvalue weighted by molar-refractivity contribution is 0.518. The fourth-order valence-electron chi connectivity index (χ4n) is 2.57. The highest BCUT2D eigenvalue weighted by Gasteiger charge is 2.18. The molecule has 1 aliphatic rings. The first-order valence-corrected chi connectivity index (χ1v) is 6.13. The van der Waals surface area contributed by atoms with Crippen LogP contribution in [0.1, 0.15) is 36.3 Å². The van der Waals surface area contributed by atoms with Crippen LogP contribution in [0.4, 0.5) is 0 Å². The average molecular weight is 216 g/mol. The molecule has 0 saturated heterocycles. The summed E-state index contributed by atoms with van der Waals surface area (Å²) in [4.78, 5) is 3.93. The number of fused-ring (bicyclic) bond motifs is 1. The first-order valence-electron chi connectivity index (χ1n) is 6.13. The predicted molar refractivity (Wildman–Crippen MR) is 69.2 cm³/mol.